The van der Waals surface area contributed by atoms with Crippen molar-refractivity contribution in [2.75, 3.05) is 33.3 Å². The Morgan fingerprint density at radius 3 is 2.67 bits per heavy atom. The summed E-state index contributed by atoms with van der Waals surface area (Å²) < 4.78 is 5.77. The summed E-state index contributed by atoms with van der Waals surface area (Å²) in [5.74, 6) is 0.905. The summed E-state index contributed by atoms with van der Waals surface area (Å²) in [6, 6.07) is 6.62. The van der Waals surface area contributed by atoms with E-state index in [4.69, 9.17) is 4.74 Å². The number of carbonyl (C=O) groups is 2. The number of nitrogens with one attached hydrogen (secondary N) is 1. The predicted molar refractivity (Wildman–Crippen MR) is 113 cm³/mol. The summed E-state index contributed by atoms with van der Waals surface area (Å²) >= 11 is 0. The quantitative estimate of drug-likeness (QED) is 0.652. The van der Waals surface area contributed by atoms with E-state index in [0.717, 1.165) is 12.0 Å². The number of aliphatic hydroxyl groups excluding tert-OH is 1. The standard InChI is InChI=1S/C21H31N5O4/c1-5-14-9-8-10-16(11-14)30-13-15(27)12-26-17-18(22-20(26)25(6-2)7-3)24(4)21(29)23-19(17)28/h8-11,15,17-18,27H,5-7,12-13H2,1-4H3,(H,23,28,29). The average Bonchev–Trinajstić information content (AvgIpc) is 3.11. The zero-order valence-corrected chi connectivity index (χ0v) is 18.0. The molecule has 9 heteroatoms. The van der Waals surface area contributed by atoms with Crippen molar-refractivity contribution in [2.24, 2.45) is 4.99 Å². The molecule has 0 saturated carbocycles. The van der Waals surface area contributed by atoms with E-state index in [0.29, 0.717) is 24.8 Å². The first-order chi connectivity index (χ1) is 14.4. The molecule has 1 aromatic rings. The molecule has 0 bridgehead atoms. The normalized spacial score (nSPS) is 21.8. The molecule has 30 heavy (non-hydrogen) atoms. The molecule has 2 aliphatic rings. The van der Waals surface area contributed by atoms with Gasteiger partial charge >= 0.3 is 6.03 Å². The first kappa shape index (κ1) is 21.9. The number of guanidine groups is 1. The van der Waals surface area contributed by atoms with Gasteiger partial charge in [0.1, 0.15) is 18.5 Å². The molecule has 164 valence electrons. The van der Waals surface area contributed by atoms with Gasteiger partial charge in [0.05, 0.1) is 6.54 Å². The average molecular weight is 418 g/mol. The van der Waals surface area contributed by atoms with Crippen molar-refractivity contribution in [3.8, 4) is 5.75 Å². The highest BCUT2D eigenvalue weighted by atomic mass is 16.5. The maximum Gasteiger partial charge on any atom is 0.325 e. The van der Waals surface area contributed by atoms with Gasteiger partial charge in [-0.25, -0.2) is 9.79 Å². The van der Waals surface area contributed by atoms with Crippen molar-refractivity contribution in [1.29, 1.82) is 0 Å². The van der Waals surface area contributed by atoms with Crippen LogP contribution in [0, 0.1) is 0 Å². The molecule has 2 aliphatic heterocycles. The number of benzene rings is 1. The summed E-state index contributed by atoms with van der Waals surface area (Å²) in [5, 5.41) is 13.1. The molecule has 1 fully saturated rings. The number of imide groups is 1. The molecule has 0 aliphatic carbocycles. The van der Waals surface area contributed by atoms with Crippen molar-refractivity contribution in [1.82, 2.24) is 20.0 Å². The minimum absolute atomic E-state index is 0.0863. The SMILES string of the molecule is CCc1cccc(OCC(O)CN2C(N(CC)CC)=NC3C2C(=O)NC(=O)N3C)c1. The molecule has 3 amide bonds. The van der Waals surface area contributed by atoms with E-state index in [2.05, 4.69) is 17.2 Å². The minimum Gasteiger partial charge on any atom is -0.491 e. The van der Waals surface area contributed by atoms with Crippen LogP contribution in [-0.2, 0) is 11.2 Å². The lowest BCUT2D eigenvalue weighted by molar-refractivity contribution is -0.127. The lowest BCUT2D eigenvalue weighted by atomic mass is 10.1. The first-order valence-electron chi connectivity index (χ1n) is 10.5. The van der Waals surface area contributed by atoms with E-state index in [-0.39, 0.29) is 13.2 Å². The number of rotatable bonds is 8. The van der Waals surface area contributed by atoms with Crippen molar-refractivity contribution in [3.05, 3.63) is 29.8 Å². The largest absolute Gasteiger partial charge is 0.491 e. The number of hydrogen-bond donors (Lipinski definition) is 2. The minimum atomic E-state index is -0.842. The Morgan fingerprint density at radius 1 is 1.27 bits per heavy atom. The first-order valence-corrected chi connectivity index (χ1v) is 10.5. The summed E-state index contributed by atoms with van der Waals surface area (Å²) in [6.45, 7) is 7.72. The van der Waals surface area contributed by atoms with Crippen LogP contribution in [0.4, 0.5) is 4.79 Å². The van der Waals surface area contributed by atoms with Crippen LogP contribution in [0.25, 0.3) is 0 Å². The highest BCUT2D eigenvalue weighted by Crippen LogP contribution is 2.26. The Hall–Kier alpha value is -2.81. The maximum absolute atomic E-state index is 12.6. The number of β-amino-alcohol motifs (C(OH)–C–C–N with tert-alkyl or cyclic N) is 1. The van der Waals surface area contributed by atoms with Gasteiger partial charge in [-0.05, 0) is 38.0 Å². The number of aryl methyl sites for hydroxylation is 1. The molecule has 0 aromatic heterocycles. The third-order valence-corrected chi connectivity index (χ3v) is 5.54. The fourth-order valence-corrected chi connectivity index (χ4v) is 3.80. The van der Waals surface area contributed by atoms with Crippen LogP contribution in [0.3, 0.4) is 0 Å². The number of likely N-dealkylation sites (N-methyl/N-ethyl adjacent to an activating group) is 1. The molecule has 0 radical (unpaired) electrons. The van der Waals surface area contributed by atoms with Gasteiger partial charge in [-0.3, -0.25) is 10.1 Å². The summed E-state index contributed by atoms with van der Waals surface area (Å²) in [6.07, 6.45) is -0.552. The summed E-state index contributed by atoms with van der Waals surface area (Å²) in [7, 11) is 1.62. The zero-order chi connectivity index (χ0) is 21.8. The molecular weight excluding hydrogens is 386 g/mol. The Bertz CT molecular complexity index is 810. The third kappa shape index (κ3) is 4.35. The Kier molecular flexibility index (Phi) is 6.81. The lowest BCUT2D eigenvalue weighted by Crippen LogP contribution is -2.65. The fraction of sp³-hybridized carbons (Fsp3) is 0.571. The fourth-order valence-electron chi connectivity index (χ4n) is 3.80. The molecular formula is C21H31N5O4. The van der Waals surface area contributed by atoms with E-state index >= 15 is 0 Å². The molecule has 3 atom stereocenters. The number of aliphatic hydroxyl groups is 1. The molecule has 3 rings (SSSR count). The monoisotopic (exact) mass is 417 g/mol. The number of fused-ring (bicyclic) bond motifs is 1. The maximum atomic E-state index is 12.6. The van der Waals surface area contributed by atoms with Crippen molar-refractivity contribution in [3.63, 3.8) is 0 Å². The number of amides is 3. The van der Waals surface area contributed by atoms with Crippen LogP contribution in [0.2, 0.25) is 0 Å². The van der Waals surface area contributed by atoms with Crippen LogP contribution in [0.5, 0.6) is 5.75 Å². The molecule has 3 unspecified atom stereocenters. The number of aliphatic imine (C=N–C) groups is 1. The number of nitrogens with zero attached hydrogens (tertiary/aromatic N) is 4. The second-order valence-corrected chi connectivity index (χ2v) is 7.48. The van der Waals surface area contributed by atoms with E-state index in [1.54, 1.807) is 11.9 Å². The number of hydrogen-bond acceptors (Lipinski definition) is 7. The Labute approximate surface area is 177 Å². The Morgan fingerprint density at radius 2 is 2.00 bits per heavy atom. The van der Waals surface area contributed by atoms with Crippen molar-refractivity contribution < 1.29 is 19.4 Å². The Balaban J connectivity index is 1.74. The predicted octanol–water partition coefficient (Wildman–Crippen LogP) is 0.878. The lowest BCUT2D eigenvalue weighted by Gasteiger charge is -2.38. The second-order valence-electron chi connectivity index (χ2n) is 7.48. The van der Waals surface area contributed by atoms with Crippen molar-refractivity contribution >= 4 is 17.9 Å². The van der Waals surface area contributed by atoms with E-state index < -0.39 is 30.2 Å². The van der Waals surface area contributed by atoms with E-state index in [1.807, 2.05) is 43.0 Å². The number of ether oxygens (including phenoxy) is 1. The molecule has 9 nitrogen and oxygen atoms in total. The number of urea groups is 1. The highest BCUT2D eigenvalue weighted by Gasteiger charge is 2.49. The van der Waals surface area contributed by atoms with Gasteiger partial charge in [0, 0.05) is 20.1 Å². The summed E-state index contributed by atoms with van der Waals surface area (Å²) in [5.41, 5.74) is 1.16. The van der Waals surface area contributed by atoms with Gasteiger partial charge in [0.2, 0.25) is 0 Å². The third-order valence-electron chi connectivity index (χ3n) is 5.54. The van der Waals surface area contributed by atoms with Gasteiger partial charge in [-0.1, -0.05) is 19.1 Å². The second kappa shape index (κ2) is 9.34. The molecule has 0 spiro atoms. The van der Waals surface area contributed by atoms with E-state index in [9.17, 15) is 14.7 Å². The van der Waals surface area contributed by atoms with Crippen LogP contribution >= 0.6 is 0 Å². The molecule has 2 N–H and O–H groups in total. The van der Waals surface area contributed by atoms with Gasteiger partial charge in [0.15, 0.2) is 18.2 Å². The highest BCUT2D eigenvalue weighted by molar-refractivity contribution is 6.03. The van der Waals surface area contributed by atoms with Gasteiger partial charge in [0.25, 0.3) is 5.91 Å². The molecule has 1 aromatic carbocycles. The van der Waals surface area contributed by atoms with Gasteiger partial charge < -0.3 is 24.5 Å². The van der Waals surface area contributed by atoms with Gasteiger partial charge in [-0.15, -0.1) is 0 Å². The van der Waals surface area contributed by atoms with Crippen LogP contribution in [-0.4, -0.2) is 89.3 Å². The van der Waals surface area contributed by atoms with Crippen molar-refractivity contribution in [2.45, 2.75) is 45.5 Å². The topological polar surface area (TPSA) is 97.7 Å². The molecule has 1 saturated heterocycles. The van der Waals surface area contributed by atoms with Crippen LogP contribution in [0.1, 0.15) is 26.3 Å². The van der Waals surface area contributed by atoms with Crippen LogP contribution < -0.4 is 10.1 Å². The summed E-state index contributed by atoms with van der Waals surface area (Å²) in [4.78, 5) is 34.5. The molecule has 2 heterocycles. The number of carbonyl (C=O) groups excluding carboxylic acids is 2. The zero-order valence-electron chi connectivity index (χ0n) is 18.0. The smallest absolute Gasteiger partial charge is 0.325 e. The van der Waals surface area contributed by atoms with Crippen LogP contribution in [0.15, 0.2) is 29.3 Å². The van der Waals surface area contributed by atoms with E-state index in [1.165, 1.54) is 4.90 Å². The van der Waals surface area contributed by atoms with Gasteiger partial charge in [-0.2, -0.15) is 0 Å².